The molecule has 0 fully saturated rings. The third kappa shape index (κ3) is 4.56. The number of H-pyrrole nitrogens is 1. The zero-order valence-electron chi connectivity index (χ0n) is 23.0. The van der Waals surface area contributed by atoms with Crippen molar-refractivity contribution in [3.63, 3.8) is 0 Å². The summed E-state index contributed by atoms with van der Waals surface area (Å²) in [6.45, 7) is 11.0. The van der Waals surface area contributed by atoms with Gasteiger partial charge in [0.15, 0.2) is 0 Å². The van der Waals surface area contributed by atoms with Crippen LogP contribution in [0.1, 0.15) is 23.7 Å². The molecule has 6 aromatic rings. The molecule has 2 N–H and O–H groups in total. The van der Waals surface area contributed by atoms with E-state index in [0.29, 0.717) is 17.7 Å². The number of aromatic hydroxyl groups is 1. The maximum atomic E-state index is 10.6. The van der Waals surface area contributed by atoms with Crippen LogP contribution in [0, 0.1) is 20.6 Å². The van der Waals surface area contributed by atoms with E-state index in [4.69, 9.17) is 4.74 Å². The van der Waals surface area contributed by atoms with E-state index >= 15 is 0 Å². The Kier molecular flexibility index (Phi) is 6.48. The minimum atomic E-state index is 0.0960. The Morgan fingerprint density at radius 3 is 2.15 bits per heavy atom. The van der Waals surface area contributed by atoms with Gasteiger partial charge in [-0.05, 0) is 69.3 Å². The van der Waals surface area contributed by atoms with Gasteiger partial charge in [-0.1, -0.05) is 47.5 Å². The Balaban J connectivity index is 1.46. The first-order chi connectivity index (χ1) is 19.4. The lowest BCUT2D eigenvalue weighted by atomic mass is 10.1. The summed E-state index contributed by atoms with van der Waals surface area (Å²) >= 11 is 0. The van der Waals surface area contributed by atoms with Crippen LogP contribution < -0.4 is 19.2 Å². The van der Waals surface area contributed by atoms with E-state index in [-0.39, 0.29) is 5.88 Å². The van der Waals surface area contributed by atoms with Gasteiger partial charge in [-0.15, -0.1) is 0 Å². The maximum Gasteiger partial charge on any atom is 0.217 e. The van der Waals surface area contributed by atoms with Crippen LogP contribution in [0.2, 0.25) is 0 Å². The normalized spacial score (nSPS) is 11.8. The van der Waals surface area contributed by atoms with Crippen molar-refractivity contribution < 1.29 is 14.1 Å². The first kappa shape index (κ1) is 25.3. The number of ether oxygens (including phenoxy) is 1. The van der Waals surface area contributed by atoms with Crippen LogP contribution in [-0.4, -0.2) is 16.7 Å². The molecule has 0 radical (unpaired) electrons. The number of hydrogen-bond donors (Lipinski definition) is 2. The largest absolute Gasteiger partial charge is 0.494 e. The van der Waals surface area contributed by atoms with Crippen molar-refractivity contribution in [2.45, 2.75) is 20.8 Å². The summed E-state index contributed by atoms with van der Waals surface area (Å²) in [4.78, 5) is 5.39. The van der Waals surface area contributed by atoms with Crippen LogP contribution in [0.5, 0.6) is 11.6 Å². The summed E-state index contributed by atoms with van der Waals surface area (Å²) < 4.78 is 7.66. The van der Waals surface area contributed by atoms with Gasteiger partial charge in [-0.25, -0.2) is 0 Å². The van der Waals surface area contributed by atoms with Gasteiger partial charge in [-0.2, -0.15) is 4.24 Å². The first-order valence-electron chi connectivity index (χ1n) is 13.5. The standard InChI is InChI=1S/C35H31N3O2/c1-5-40-33-8-6-7-30-31(36-35(39)34(30)33)22-28-18-13-25-21-29(19-20-32(25)37(28)4)38(26-14-9-23(2)10-15-26)27-16-11-24(3)12-17-27/h6-22,36H,4-5H2,1-3H3/p+1. The monoisotopic (exact) mass is 526 g/mol. The number of pyridine rings is 1. The molecule has 5 nitrogen and oxygen atoms in total. The number of aromatic nitrogens is 2. The van der Waals surface area contributed by atoms with Gasteiger partial charge >= 0.3 is 0 Å². The molecule has 2 aromatic heterocycles. The van der Waals surface area contributed by atoms with E-state index in [0.717, 1.165) is 44.4 Å². The van der Waals surface area contributed by atoms with Crippen molar-refractivity contribution in [1.82, 2.24) is 4.98 Å². The number of nitrogens with one attached hydrogen (secondary N) is 1. The molecular weight excluding hydrogens is 494 g/mol. The van der Waals surface area contributed by atoms with Gasteiger partial charge in [0.2, 0.25) is 16.7 Å². The molecule has 0 aliphatic carbocycles. The zero-order chi connectivity index (χ0) is 27.8. The molecule has 198 valence electrons. The third-order valence-corrected chi connectivity index (χ3v) is 7.29. The molecule has 5 heteroatoms. The molecule has 0 unspecified atom stereocenters. The number of fused-ring (bicyclic) bond motifs is 2. The molecule has 0 bridgehead atoms. The topological polar surface area (TPSA) is 54.4 Å². The van der Waals surface area contributed by atoms with Gasteiger partial charge in [-0.3, -0.25) is 0 Å². The van der Waals surface area contributed by atoms with Crippen molar-refractivity contribution >= 4 is 44.8 Å². The highest BCUT2D eigenvalue weighted by Crippen LogP contribution is 2.37. The second-order valence-electron chi connectivity index (χ2n) is 10.1. The molecule has 0 aliphatic heterocycles. The molecule has 0 amide bonds. The Hall–Kier alpha value is -5.03. The number of aryl methyl sites for hydroxylation is 2. The summed E-state index contributed by atoms with van der Waals surface area (Å²) in [6, 6.07) is 33.6. The highest BCUT2D eigenvalue weighted by molar-refractivity contribution is 5.98. The molecule has 40 heavy (non-hydrogen) atoms. The molecule has 4 aromatic carbocycles. The van der Waals surface area contributed by atoms with Gasteiger partial charge in [0, 0.05) is 46.0 Å². The number of hydrogen-bond acceptors (Lipinski definition) is 3. The van der Waals surface area contributed by atoms with Crippen LogP contribution in [-0.2, 0) is 0 Å². The second kappa shape index (κ2) is 10.3. The van der Waals surface area contributed by atoms with Crippen molar-refractivity contribution in [3.8, 4) is 11.6 Å². The smallest absolute Gasteiger partial charge is 0.217 e. The lowest BCUT2D eigenvalue weighted by Crippen LogP contribution is -2.35. The Morgan fingerprint density at radius 2 is 1.50 bits per heavy atom. The molecule has 0 saturated heterocycles. The average molecular weight is 527 g/mol. The fraction of sp³-hybridized carbons (Fsp3) is 0.114. The third-order valence-electron chi connectivity index (χ3n) is 7.29. The molecule has 0 atom stereocenters. The molecule has 0 saturated carbocycles. The van der Waals surface area contributed by atoms with Crippen LogP contribution in [0.3, 0.4) is 0 Å². The number of nitrogens with zero attached hydrogens (tertiary/aromatic N) is 2. The van der Waals surface area contributed by atoms with E-state index in [1.807, 2.05) is 35.4 Å². The number of benzene rings is 4. The number of rotatable bonds is 6. The van der Waals surface area contributed by atoms with E-state index in [9.17, 15) is 5.11 Å². The van der Waals surface area contributed by atoms with Gasteiger partial charge < -0.3 is 19.7 Å². The summed E-state index contributed by atoms with van der Waals surface area (Å²) in [5.41, 5.74) is 7.53. The predicted molar refractivity (Wildman–Crippen MR) is 163 cm³/mol. The summed E-state index contributed by atoms with van der Waals surface area (Å²) in [5, 5.41) is 14.2. The molecule has 6 rings (SSSR count). The quantitative estimate of drug-likeness (QED) is 0.225. The van der Waals surface area contributed by atoms with Crippen molar-refractivity contribution in [2.24, 2.45) is 0 Å². The predicted octanol–water partition coefficient (Wildman–Crippen LogP) is 7.27. The summed E-state index contributed by atoms with van der Waals surface area (Å²) in [6.07, 6.45) is 2.00. The van der Waals surface area contributed by atoms with E-state index in [1.54, 1.807) is 0 Å². The van der Waals surface area contributed by atoms with Crippen molar-refractivity contribution in [1.29, 1.82) is 0 Å². The molecule has 0 aliphatic rings. The van der Waals surface area contributed by atoms with E-state index in [2.05, 4.69) is 109 Å². The Morgan fingerprint density at radius 1 is 0.850 bits per heavy atom. The van der Waals surface area contributed by atoms with Gasteiger partial charge in [0.25, 0.3) is 0 Å². The van der Waals surface area contributed by atoms with Crippen LogP contribution >= 0.6 is 0 Å². The van der Waals surface area contributed by atoms with Gasteiger partial charge in [0.05, 0.1) is 17.7 Å². The zero-order valence-corrected chi connectivity index (χ0v) is 23.0. The van der Waals surface area contributed by atoms with E-state index in [1.165, 1.54) is 11.1 Å². The average Bonchev–Trinajstić information content (AvgIpc) is 3.28. The van der Waals surface area contributed by atoms with Crippen LogP contribution in [0.15, 0.2) is 97.1 Å². The first-order valence-corrected chi connectivity index (χ1v) is 13.5. The highest BCUT2D eigenvalue weighted by atomic mass is 16.5. The lowest BCUT2D eigenvalue weighted by Gasteiger charge is -2.25. The number of aromatic amines is 1. The molecule has 0 spiro atoms. The maximum absolute atomic E-state index is 10.6. The fourth-order valence-corrected chi connectivity index (χ4v) is 5.22. The molecule has 2 heterocycles. The summed E-state index contributed by atoms with van der Waals surface area (Å²) in [5.74, 6) is 0.757. The second-order valence-corrected chi connectivity index (χ2v) is 10.1. The lowest BCUT2D eigenvalue weighted by molar-refractivity contribution is -0.483. The fourth-order valence-electron chi connectivity index (χ4n) is 5.22. The summed E-state index contributed by atoms with van der Waals surface area (Å²) in [7, 11) is 0. The number of anilines is 3. The van der Waals surface area contributed by atoms with Crippen molar-refractivity contribution in [2.75, 3.05) is 11.5 Å². The van der Waals surface area contributed by atoms with Crippen LogP contribution in [0.4, 0.5) is 17.1 Å². The van der Waals surface area contributed by atoms with Gasteiger partial charge in [0.1, 0.15) is 12.5 Å². The minimum absolute atomic E-state index is 0.0960. The van der Waals surface area contributed by atoms with Crippen molar-refractivity contribution in [3.05, 3.63) is 126 Å². The van der Waals surface area contributed by atoms with E-state index < -0.39 is 0 Å². The Labute approximate surface area is 233 Å². The SMILES string of the molecule is C=[n+]1c(=Cc2[nH]c(O)c3c(OCC)cccc23)ccc2cc(N(c3ccc(C)cc3)c3ccc(C)cc3)ccc21. The highest BCUT2D eigenvalue weighted by Gasteiger charge is 2.16. The Bertz CT molecular complexity index is 1910. The minimum Gasteiger partial charge on any atom is -0.494 e. The molecular formula is C35H32N3O2+. The van der Waals surface area contributed by atoms with Crippen LogP contribution in [0.25, 0.3) is 27.8 Å².